The predicted molar refractivity (Wildman–Crippen MR) is 82.2 cm³/mol. The van der Waals surface area contributed by atoms with E-state index in [2.05, 4.69) is 6.92 Å². The number of carbonyl (C=O) groups is 1. The first-order valence-corrected chi connectivity index (χ1v) is 7.78. The number of amides is 1. The molecule has 4 nitrogen and oxygen atoms in total. The number of aliphatic hydroxyl groups is 1. The summed E-state index contributed by atoms with van der Waals surface area (Å²) in [4.78, 5) is 13.9. The lowest BCUT2D eigenvalue weighted by atomic mass is 9.99. The summed E-state index contributed by atoms with van der Waals surface area (Å²) in [5, 5.41) is 9.73. The first kappa shape index (κ1) is 15.8. The van der Waals surface area contributed by atoms with Gasteiger partial charge in [-0.2, -0.15) is 0 Å². The maximum absolute atomic E-state index is 12.1. The van der Waals surface area contributed by atoms with Crippen LogP contribution in [0.15, 0.2) is 24.3 Å². The lowest BCUT2D eigenvalue weighted by Gasteiger charge is -2.30. The van der Waals surface area contributed by atoms with Crippen LogP contribution in [0, 0.1) is 5.92 Å². The summed E-state index contributed by atoms with van der Waals surface area (Å²) in [5.41, 5.74) is 0.876. The molecule has 0 spiro atoms. The molecule has 1 aliphatic rings. The Bertz CT molecular complexity index is 450. The zero-order valence-corrected chi connectivity index (χ0v) is 12.9. The van der Waals surface area contributed by atoms with Gasteiger partial charge < -0.3 is 14.7 Å². The fourth-order valence-corrected chi connectivity index (χ4v) is 2.52. The molecule has 4 heteroatoms. The summed E-state index contributed by atoms with van der Waals surface area (Å²) in [7, 11) is 0. The van der Waals surface area contributed by atoms with Gasteiger partial charge in [0, 0.05) is 13.1 Å². The van der Waals surface area contributed by atoms with E-state index in [1.807, 2.05) is 24.0 Å². The summed E-state index contributed by atoms with van der Waals surface area (Å²) in [6.07, 6.45) is 2.41. The maximum atomic E-state index is 12.1. The summed E-state index contributed by atoms with van der Waals surface area (Å²) < 4.78 is 5.54. The van der Waals surface area contributed by atoms with Crippen LogP contribution in [0.2, 0.25) is 0 Å². The molecule has 1 unspecified atom stereocenters. The average molecular weight is 291 g/mol. The van der Waals surface area contributed by atoms with E-state index in [9.17, 15) is 9.90 Å². The fourth-order valence-electron chi connectivity index (χ4n) is 2.52. The number of hydrogen-bond acceptors (Lipinski definition) is 3. The number of ether oxygens (including phenoxy) is 1. The van der Waals surface area contributed by atoms with E-state index >= 15 is 0 Å². The summed E-state index contributed by atoms with van der Waals surface area (Å²) >= 11 is 0. The minimum atomic E-state index is -0.434. The van der Waals surface area contributed by atoms with Crippen LogP contribution in [-0.4, -0.2) is 35.6 Å². The van der Waals surface area contributed by atoms with Crippen molar-refractivity contribution in [3.05, 3.63) is 29.8 Å². The molecule has 0 aliphatic carbocycles. The lowest BCUT2D eigenvalue weighted by Crippen LogP contribution is -2.40. The van der Waals surface area contributed by atoms with Crippen LogP contribution in [0.25, 0.3) is 0 Å². The first-order valence-electron chi connectivity index (χ1n) is 7.78. The lowest BCUT2D eigenvalue weighted by molar-refractivity contribution is -0.134. The molecule has 1 fully saturated rings. The molecule has 0 bridgehead atoms. The minimum absolute atomic E-state index is 0.0552. The van der Waals surface area contributed by atoms with E-state index in [0.29, 0.717) is 18.1 Å². The molecule has 0 saturated carbocycles. The molecule has 1 aromatic rings. The molecule has 1 aliphatic heterocycles. The number of nitrogens with zero attached hydrogens (tertiary/aromatic N) is 1. The third-order valence-electron chi connectivity index (χ3n) is 4.15. The van der Waals surface area contributed by atoms with Crippen molar-refractivity contribution in [1.29, 1.82) is 0 Å². The number of hydrogen-bond donors (Lipinski definition) is 1. The van der Waals surface area contributed by atoms with E-state index in [4.69, 9.17) is 4.74 Å². The normalized spacial score (nSPS) is 17.6. The molecule has 1 aromatic carbocycles. The van der Waals surface area contributed by atoms with Crippen LogP contribution >= 0.6 is 0 Å². The largest absolute Gasteiger partial charge is 0.484 e. The number of piperidine rings is 1. The van der Waals surface area contributed by atoms with Crippen LogP contribution in [0.4, 0.5) is 0 Å². The van der Waals surface area contributed by atoms with Gasteiger partial charge in [-0.1, -0.05) is 26.0 Å². The van der Waals surface area contributed by atoms with Gasteiger partial charge in [-0.25, -0.2) is 0 Å². The monoisotopic (exact) mass is 291 g/mol. The van der Waals surface area contributed by atoms with Crippen molar-refractivity contribution in [2.24, 2.45) is 5.92 Å². The Morgan fingerprint density at radius 1 is 1.33 bits per heavy atom. The summed E-state index contributed by atoms with van der Waals surface area (Å²) in [6.45, 7) is 5.93. The number of aliphatic hydroxyl groups excluding tert-OH is 1. The predicted octanol–water partition coefficient (Wildman–Crippen LogP) is 2.77. The molecule has 1 N–H and O–H groups in total. The van der Waals surface area contributed by atoms with Gasteiger partial charge in [0.25, 0.3) is 5.91 Å². The van der Waals surface area contributed by atoms with Gasteiger partial charge in [-0.15, -0.1) is 0 Å². The van der Waals surface area contributed by atoms with E-state index in [1.54, 1.807) is 12.1 Å². The van der Waals surface area contributed by atoms with Crippen LogP contribution < -0.4 is 4.74 Å². The molecular weight excluding hydrogens is 266 g/mol. The Kier molecular flexibility index (Phi) is 5.62. The van der Waals surface area contributed by atoms with E-state index in [0.717, 1.165) is 31.5 Å². The molecule has 1 amide bonds. The van der Waals surface area contributed by atoms with Crippen molar-refractivity contribution in [3.63, 3.8) is 0 Å². The topological polar surface area (TPSA) is 49.8 Å². The smallest absolute Gasteiger partial charge is 0.260 e. The van der Waals surface area contributed by atoms with Gasteiger partial charge in [-0.05, 0) is 42.9 Å². The van der Waals surface area contributed by atoms with Crippen molar-refractivity contribution in [3.8, 4) is 5.75 Å². The number of rotatable bonds is 5. The number of benzene rings is 1. The van der Waals surface area contributed by atoms with Crippen molar-refractivity contribution in [1.82, 2.24) is 4.90 Å². The first-order chi connectivity index (χ1) is 10.1. The second-order valence-corrected chi connectivity index (χ2v) is 5.85. The molecule has 1 saturated heterocycles. The Morgan fingerprint density at radius 3 is 2.52 bits per heavy atom. The van der Waals surface area contributed by atoms with Crippen molar-refractivity contribution >= 4 is 5.91 Å². The molecule has 2 rings (SSSR count). The van der Waals surface area contributed by atoms with Crippen molar-refractivity contribution in [2.75, 3.05) is 19.7 Å². The molecular formula is C17H25NO3. The highest BCUT2D eigenvalue weighted by atomic mass is 16.5. The quantitative estimate of drug-likeness (QED) is 0.907. The fraction of sp³-hybridized carbons (Fsp3) is 0.588. The van der Waals surface area contributed by atoms with Crippen molar-refractivity contribution in [2.45, 2.75) is 39.2 Å². The zero-order valence-electron chi connectivity index (χ0n) is 12.9. The maximum Gasteiger partial charge on any atom is 0.260 e. The highest BCUT2D eigenvalue weighted by Gasteiger charge is 2.20. The third-order valence-corrected chi connectivity index (χ3v) is 4.15. The second-order valence-electron chi connectivity index (χ2n) is 5.85. The Morgan fingerprint density at radius 2 is 1.95 bits per heavy atom. The van der Waals surface area contributed by atoms with Gasteiger partial charge in [0.15, 0.2) is 6.61 Å². The average Bonchev–Trinajstić information content (AvgIpc) is 2.53. The number of likely N-dealkylation sites (tertiary alicyclic amines) is 1. The highest BCUT2D eigenvalue weighted by molar-refractivity contribution is 5.77. The van der Waals surface area contributed by atoms with Crippen molar-refractivity contribution < 1.29 is 14.6 Å². The SMILES string of the molecule is CCC(O)c1ccc(OCC(=O)N2CCC(C)CC2)cc1. The van der Waals surface area contributed by atoms with Gasteiger partial charge in [0.1, 0.15) is 5.75 Å². The summed E-state index contributed by atoms with van der Waals surface area (Å²) in [5.74, 6) is 1.44. The zero-order chi connectivity index (χ0) is 15.2. The molecule has 21 heavy (non-hydrogen) atoms. The molecule has 0 radical (unpaired) electrons. The van der Waals surface area contributed by atoms with E-state index in [1.165, 1.54) is 0 Å². The molecule has 1 heterocycles. The van der Waals surface area contributed by atoms with Gasteiger partial charge in [0.05, 0.1) is 6.10 Å². The van der Waals surface area contributed by atoms with Gasteiger partial charge >= 0.3 is 0 Å². The Balaban J connectivity index is 1.81. The summed E-state index contributed by atoms with van der Waals surface area (Å²) in [6, 6.07) is 7.30. The van der Waals surface area contributed by atoms with E-state index in [-0.39, 0.29) is 12.5 Å². The van der Waals surface area contributed by atoms with Crippen LogP contribution in [0.1, 0.15) is 44.8 Å². The van der Waals surface area contributed by atoms with Crippen LogP contribution in [-0.2, 0) is 4.79 Å². The Hall–Kier alpha value is -1.55. The number of carbonyl (C=O) groups excluding carboxylic acids is 1. The third kappa shape index (κ3) is 4.46. The van der Waals surface area contributed by atoms with Gasteiger partial charge in [0.2, 0.25) is 0 Å². The standard InChI is InChI=1S/C17H25NO3/c1-3-16(19)14-4-6-15(7-5-14)21-12-17(20)18-10-8-13(2)9-11-18/h4-7,13,16,19H,3,8-12H2,1-2H3. The van der Waals surface area contributed by atoms with E-state index < -0.39 is 6.10 Å². The van der Waals surface area contributed by atoms with Gasteiger partial charge in [-0.3, -0.25) is 4.79 Å². The molecule has 0 aromatic heterocycles. The van der Waals surface area contributed by atoms with Crippen LogP contribution in [0.5, 0.6) is 5.75 Å². The van der Waals surface area contributed by atoms with Crippen LogP contribution in [0.3, 0.4) is 0 Å². The second kappa shape index (κ2) is 7.46. The minimum Gasteiger partial charge on any atom is -0.484 e. The molecule has 116 valence electrons. The molecule has 1 atom stereocenters. The highest BCUT2D eigenvalue weighted by Crippen LogP contribution is 2.20. The Labute approximate surface area is 126 Å².